The van der Waals surface area contributed by atoms with Crippen molar-refractivity contribution in [3.05, 3.63) is 29.3 Å². The fourth-order valence-corrected chi connectivity index (χ4v) is 3.36. The Morgan fingerprint density at radius 3 is 2.58 bits per heavy atom. The highest BCUT2D eigenvalue weighted by molar-refractivity contribution is 6.04. The van der Waals surface area contributed by atoms with E-state index in [1.807, 2.05) is 0 Å². The molecular formula is C18H22N2O4. The molecule has 3 rings (SSSR count). The van der Waals surface area contributed by atoms with Crippen molar-refractivity contribution >= 4 is 17.5 Å². The van der Waals surface area contributed by atoms with Crippen LogP contribution in [-0.4, -0.2) is 32.1 Å². The van der Waals surface area contributed by atoms with Gasteiger partial charge in [0.25, 0.3) is 0 Å². The number of benzene rings is 1. The van der Waals surface area contributed by atoms with Crippen LogP contribution in [0.5, 0.6) is 11.5 Å². The van der Waals surface area contributed by atoms with E-state index in [9.17, 15) is 9.59 Å². The monoisotopic (exact) mass is 330 g/mol. The molecule has 1 aliphatic heterocycles. The number of methoxy groups -OCH3 is 2. The number of fused-ring (bicyclic) bond motifs is 1. The molecule has 1 fully saturated rings. The number of carbonyl (C=O) groups is 2. The Morgan fingerprint density at radius 1 is 1.21 bits per heavy atom. The van der Waals surface area contributed by atoms with Crippen LogP contribution in [0, 0.1) is 0 Å². The van der Waals surface area contributed by atoms with E-state index in [-0.39, 0.29) is 24.3 Å². The lowest BCUT2D eigenvalue weighted by Gasteiger charge is -2.20. The summed E-state index contributed by atoms with van der Waals surface area (Å²) in [5.74, 6) is 0.875. The van der Waals surface area contributed by atoms with Gasteiger partial charge in [-0.1, -0.05) is 6.42 Å². The molecule has 0 spiro atoms. The maximum atomic E-state index is 12.4. The summed E-state index contributed by atoms with van der Waals surface area (Å²) in [5, 5.41) is 5.80. The summed E-state index contributed by atoms with van der Waals surface area (Å²) in [6.45, 7) is 0. The lowest BCUT2D eigenvalue weighted by molar-refractivity contribution is -0.120. The lowest BCUT2D eigenvalue weighted by atomic mass is 9.88. The van der Waals surface area contributed by atoms with Crippen LogP contribution in [0.25, 0.3) is 0 Å². The molecule has 1 saturated carbocycles. The fourth-order valence-electron chi connectivity index (χ4n) is 3.36. The predicted octanol–water partition coefficient (Wildman–Crippen LogP) is 2.40. The van der Waals surface area contributed by atoms with E-state index in [1.54, 1.807) is 32.4 Å². The smallest absolute Gasteiger partial charge is 0.248 e. The van der Waals surface area contributed by atoms with Crippen LogP contribution in [0.15, 0.2) is 29.3 Å². The molecule has 1 aliphatic carbocycles. The molecule has 0 saturated heterocycles. The first kappa shape index (κ1) is 16.4. The second kappa shape index (κ2) is 6.95. The van der Waals surface area contributed by atoms with Gasteiger partial charge in [0.1, 0.15) is 11.5 Å². The van der Waals surface area contributed by atoms with E-state index in [4.69, 9.17) is 9.47 Å². The molecule has 1 unspecified atom stereocenters. The second-order valence-corrected chi connectivity index (χ2v) is 6.10. The highest BCUT2D eigenvalue weighted by atomic mass is 16.5. The maximum Gasteiger partial charge on any atom is 0.248 e. The van der Waals surface area contributed by atoms with Crippen molar-refractivity contribution in [1.29, 1.82) is 0 Å². The van der Waals surface area contributed by atoms with Crippen LogP contribution in [0.4, 0.5) is 5.69 Å². The van der Waals surface area contributed by atoms with E-state index in [0.29, 0.717) is 22.8 Å². The summed E-state index contributed by atoms with van der Waals surface area (Å²) >= 11 is 0. The minimum absolute atomic E-state index is 0.0944. The third kappa shape index (κ3) is 3.37. The highest BCUT2D eigenvalue weighted by Crippen LogP contribution is 2.32. The van der Waals surface area contributed by atoms with Crippen molar-refractivity contribution in [1.82, 2.24) is 5.32 Å². The van der Waals surface area contributed by atoms with Crippen molar-refractivity contribution in [3.63, 3.8) is 0 Å². The van der Waals surface area contributed by atoms with Gasteiger partial charge in [-0.25, -0.2) is 0 Å². The molecule has 1 heterocycles. The van der Waals surface area contributed by atoms with Crippen molar-refractivity contribution in [2.45, 2.75) is 38.1 Å². The molecule has 0 radical (unpaired) electrons. The average Bonchev–Trinajstić information content (AvgIpc) is 2.90. The van der Waals surface area contributed by atoms with Gasteiger partial charge in [-0.2, -0.15) is 0 Å². The van der Waals surface area contributed by atoms with Gasteiger partial charge in [0, 0.05) is 29.5 Å². The average molecular weight is 330 g/mol. The number of anilines is 1. The normalized spacial score (nSPS) is 19.6. The van der Waals surface area contributed by atoms with E-state index >= 15 is 0 Å². The van der Waals surface area contributed by atoms with Crippen LogP contribution in [0.1, 0.15) is 32.1 Å². The lowest BCUT2D eigenvalue weighted by Crippen LogP contribution is -2.30. The number of hydrogen-bond donors (Lipinski definition) is 2. The molecular weight excluding hydrogens is 308 g/mol. The summed E-state index contributed by atoms with van der Waals surface area (Å²) in [4.78, 5) is 24.5. The fraction of sp³-hybridized carbons (Fsp3) is 0.444. The zero-order valence-electron chi connectivity index (χ0n) is 14.0. The number of hydrogen-bond acceptors (Lipinski definition) is 4. The van der Waals surface area contributed by atoms with Gasteiger partial charge in [-0.3, -0.25) is 9.59 Å². The van der Waals surface area contributed by atoms with Crippen molar-refractivity contribution in [3.8, 4) is 11.5 Å². The zero-order chi connectivity index (χ0) is 17.1. The van der Waals surface area contributed by atoms with Crippen molar-refractivity contribution in [2.24, 2.45) is 0 Å². The number of ether oxygens (including phenoxy) is 2. The van der Waals surface area contributed by atoms with Crippen LogP contribution < -0.4 is 20.1 Å². The molecule has 128 valence electrons. The Labute approximate surface area is 141 Å². The highest BCUT2D eigenvalue weighted by Gasteiger charge is 2.33. The molecule has 0 aromatic heterocycles. The third-order valence-corrected chi connectivity index (χ3v) is 4.55. The second-order valence-electron chi connectivity index (χ2n) is 6.10. The molecule has 0 bridgehead atoms. The third-order valence-electron chi connectivity index (χ3n) is 4.55. The van der Waals surface area contributed by atoms with Crippen LogP contribution >= 0.6 is 0 Å². The number of amides is 2. The Hall–Kier alpha value is -2.50. The summed E-state index contributed by atoms with van der Waals surface area (Å²) in [7, 11) is 3.11. The van der Waals surface area contributed by atoms with Gasteiger partial charge in [0.05, 0.1) is 26.7 Å². The molecule has 1 aromatic carbocycles. The summed E-state index contributed by atoms with van der Waals surface area (Å²) < 4.78 is 10.4. The maximum absolute atomic E-state index is 12.4. The van der Waals surface area contributed by atoms with Crippen LogP contribution in [-0.2, 0) is 9.59 Å². The summed E-state index contributed by atoms with van der Waals surface area (Å²) in [5.41, 5.74) is 2.33. The first-order chi connectivity index (χ1) is 11.6. The molecule has 2 aliphatic rings. The minimum Gasteiger partial charge on any atom is -0.497 e. The number of carbonyl (C=O) groups excluding carboxylic acids is 2. The van der Waals surface area contributed by atoms with Gasteiger partial charge in [0.15, 0.2) is 0 Å². The SMILES string of the molecule is COc1cc(NC(=O)CC2=C3CCCCC3NC2=O)cc(OC)c1. The molecule has 2 N–H and O–H groups in total. The molecule has 1 aromatic rings. The first-order valence-electron chi connectivity index (χ1n) is 8.16. The topological polar surface area (TPSA) is 76.7 Å². The molecule has 2 amide bonds. The summed E-state index contributed by atoms with van der Waals surface area (Å²) in [6, 6.07) is 5.30. The van der Waals surface area contributed by atoms with Crippen molar-refractivity contribution < 1.29 is 19.1 Å². The van der Waals surface area contributed by atoms with E-state index in [1.165, 1.54) is 0 Å². The van der Waals surface area contributed by atoms with Gasteiger partial charge in [-0.15, -0.1) is 0 Å². The van der Waals surface area contributed by atoms with Crippen molar-refractivity contribution in [2.75, 3.05) is 19.5 Å². The van der Waals surface area contributed by atoms with Gasteiger partial charge in [-0.05, 0) is 24.8 Å². The quantitative estimate of drug-likeness (QED) is 0.869. The van der Waals surface area contributed by atoms with E-state index < -0.39 is 0 Å². The molecule has 24 heavy (non-hydrogen) atoms. The van der Waals surface area contributed by atoms with Crippen LogP contribution in [0.2, 0.25) is 0 Å². The standard InChI is InChI=1S/C18H22N2O4/c1-23-12-7-11(8-13(9-12)24-2)19-17(21)10-15-14-5-3-4-6-16(14)20-18(15)22/h7-9,16H,3-6,10H2,1-2H3,(H,19,21)(H,20,22). The van der Waals surface area contributed by atoms with Crippen LogP contribution in [0.3, 0.4) is 0 Å². The van der Waals surface area contributed by atoms with Gasteiger partial charge >= 0.3 is 0 Å². The van der Waals surface area contributed by atoms with Gasteiger partial charge in [0.2, 0.25) is 11.8 Å². The number of nitrogens with one attached hydrogen (secondary N) is 2. The predicted molar refractivity (Wildman–Crippen MR) is 90.2 cm³/mol. The van der Waals surface area contributed by atoms with E-state index in [2.05, 4.69) is 10.6 Å². The molecule has 1 atom stereocenters. The molecule has 6 nitrogen and oxygen atoms in total. The summed E-state index contributed by atoms with van der Waals surface area (Å²) in [6.07, 6.45) is 4.17. The minimum atomic E-state index is -0.214. The molecule has 6 heteroatoms. The zero-order valence-corrected chi connectivity index (χ0v) is 14.0. The van der Waals surface area contributed by atoms with E-state index in [0.717, 1.165) is 31.3 Å². The van der Waals surface area contributed by atoms with Gasteiger partial charge < -0.3 is 20.1 Å². The number of rotatable bonds is 5. The Morgan fingerprint density at radius 2 is 1.92 bits per heavy atom. The largest absolute Gasteiger partial charge is 0.497 e. The Balaban J connectivity index is 1.73. The Kier molecular flexibility index (Phi) is 4.74. The Bertz CT molecular complexity index is 674. The first-order valence-corrected chi connectivity index (χ1v) is 8.16.